The topological polar surface area (TPSA) is 40.5 Å². The van der Waals surface area contributed by atoms with Crippen molar-refractivity contribution in [2.24, 2.45) is 0 Å². The van der Waals surface area contributed by atoms with Gasteiger partial charge in [-0.25, -0.2) is 0 Å². The average molecular weight is 447 g/mol. The predicted molar refractivity (Wildman–Crippen MR) is 144 cm³/mol. The Morgan fingerprint density at radius 1 is 0.667 bits per heavy atom. The SMILES string of the molecule is CC(C)=CCCC(C)=CCCC(C)=CCCC(C)=CCc1c(C)c(O)c2ccccc2c1O. The van der Waals surface area contributed by atoms with Gasteiger partial charge in [0.05, 0.1) is 0 Å². The number of hydrogen-bond acceptors (Lipinski definition) is 2. The van der Waals surface area contributed by atoms with E-state index in [0.29, 0.717) is 17.2 Å². The summed E-state index contributed by atoms with van der Waals surface area (Å²) in [6.45, 7) is 12.8. The van der Waals surface area contributed by atoms with Crippen LogP contribution in [0, 0.1) is 6.92 Å². The lowest BCUT2D eigenvalue weighted by Crippen LogP contribution is -1.92. The molecule has 0 radical (unpaired) electrons. The lowest BCUT2D eigenvalue weighted by molar-refractivity contribution is 0.461. The van der Waals surface area contributed by atoms with Crippen molar-refractivity contribution < 1.29 is 10.2 Å². The molecule has 0 spiro atoms. The fraction of sp³-hybridized carbons (Fsp3) is 0.419. The van der Waals surface area contributed by atoms with E-state index in [0.717, 1.165) is 49.7 Å². The second-order valence-corrected chi connectivity index (χ2v) is 9.60. The van der Waals surface area contributed by atoms with Crippen molar-refractivity contribution in [3.8, 4) is 11.5 Å². The van der Waals surface area contributed by atoms with Crippen molar-refractivity contribution in [3.05, 3.63) is 82.0 Å². The first-order chi connectivity index (χ1) is 15.7. The quantitative estimate of drug-likeness (QED) is 0.267. The molecule has 0 aromatic heterocycles. The van der Waals surface area contributed by atoms with E-state index >= 15 is 0 Å². The molecule has 2 aromatic rings. The molecule has 33 heavy (non-hydrogen) atoms. The summed E-state index contributed by atoms with van der Waals surface area (Å²) < 4.78 is 0. The van der Waals surface area contributed by atoms with Crippen LogP contribution in [0.1, 0.15) is 84.3 Å². The van der Waals surface area contributed by atoms with Crippen LogP contribution in [0.15, 0.2) is 70.9 Å². The molecule has 0 saturated carbocycles. The third kappa shape index (κ3) is 8.28. The molecule has 2 heteroatoms. The monoisotopic (exact) mass is 446 g/mol. The van der Waals surface area contributed by atoms with Crippen molar-refractivity contribution in [2.45, 2.75) is 86.5 Å². The van der Waals surface area contributed by atoms with E-state index in [2.05, 4.69) is 58.9 Å². The van der Waals surface area contributed by atoms with Crippen LogP contribution in [0.3, 0.4) is 0 Å². The largest absolute Gasteiger partial charge is 0.507 e. The highest BCUT2D eigenvalue weighted by molar-refractivity contribution is 5.95. The molecule has 0 atom stereocenters. The van der Waals surface area contributed by atoms with Gasteiger partial charge in [0, 0.05) is 16.3 Å². The molecule has 0 bridgehead atoms. The van der Waals surface area contributed by atoms with Gasteiger partial charge >= 0.3 is 0 Å². The van der Waals surface area contributed by atoms with Gasteiger partial charge in [-0.3, -0.25) is 0 Å². The van der Waals surface area contributed by atoms with Gasteiger partial charge in [-0.15, -0.1) is 0 Å². The van der Waals surface area contributed by atoms with E-state index < -0.39 is 0 Å². The highest BCUT2D eigenvalue weighted by Gasteiger charge is 2.14. The van der Waals surface area contributed by atoms with Gasteiger partial charge in [0.25, 0.3) is 0 Å². The number of benzene rings is 2. The second-order valence-electron chi connectivity index (χ2n) is 9.60. The van der Waals surface area contributed by atoms with Crippen LogP contribution in [-0.4, -0.2) is 10.2 Å². The molecule has 2 rings (SSSR count). The van der Waals surface area contributed by atoms with Crippen LogP contribution in [0.25, 0.3) is 10.8 Å². The number of hydrogen-bond donors (Lipinski definition) is 2. The molecule has 0 heterocycles. The fourth-order valence-electron chi connectivity index (χ4n) is 4.09. The van der Waals surface area contributed by atoms with Gasteiger partial charge in [-0.1, -0.05) is 70.9 Å². The minimum atomic E-state index is 0.268. The van der Waals surface area contributed by atoms with E-state index in [4.69, 9.17) is 0 Å². The van der Waals surface area contributed by atoms with Gasteiger partial charge in [-0.2, -0.15) is 0 Å². The standard InChI is InChI=1S/C31H42O2/c1-22(2)12-9-13-23(3)14-10-15-24(4)16-11-17-25(5)20-21-27-26(6)30(32)28-18-7-8-19-29(28)31(27)33/h7-8,12,14,16,18-20,32-33H,9-11,13,15,17,21H2,1-6H3. The zero-order valence-corrected chi connectivity index (χ0v) is 21.5. The van der Waals surface area contributed by atoms with Crippen LogP contribution >= 0.6 is 0 Å². The molecule has 178 valence electrons. The molecule has 0 aliphatic heterocycles. The molecule has 0 saturated heterocycles. The Morgan fingerprint density at radius 2 is 1.12 bits per heavy atom. The van der Waals surface area contributed by atoms with Crippen molar-refractivity contribution >= 4 is 10.8 Å². The molecule has 0 unspecified atom stereocenters. The first kappa shape index (κ1) is 26.5. The summed E-state index contributed by atoms with van der Waals surface area (Å²) in [4.78, 5) is 0. The second kappa shape index (κ2) is 13.1. The lowest BCUT2D eigenvalue weighted by Gasteiger charge is -2.13. The Balaban J connectivity index is 1.87. The molecule has 2 nitrogen and oxygen atoms in total. The van der Waals surface area contributed by atoms with Gasteiger partial charge < -0.3 is 10.2 Å². The van der Waals surface area contributed by atoms with Crippen molar-refractivity contribution in [2.75, 3.05) is 0 Å². The molecule has 0 aliphatic rings. The van der Waals surface area contributed by atoms with Crippen molar-refractivity contribution in [3.63, 3.8) is 0 Å². The number of phenolic OH excluding ortho intramolecular Hbond substituents is 2. The number of aromatic hydroxyl groups is 2. The number of fused-ring (bicyclic) bond motifs is 1. The van der Waals surface area contributed by atoms with Gasteiger partial charge in [0.2, 0.25) is 0 Å². The average Bonchev–Trinajstić information content (AvgIpc) is 2.77. The third-order valence-corrected chi connectivity index (χ3v) is 6.34. The van der Waals surface area contributed by atoms with E-state index in [-0.39, 0.29) is 11.5 Å². The smallest absolute Gasteiger partial charge is 0.127 e. The zero-order chi connectivity index (χ0) is 24.4. The summed E-state index contributed by atoms with van der Waals surface area (Å²) in [5, 5.41) is 22.7. The minimum Gasteiger partial charge on any atom is -0.507 e. The normalized spacial score (nSPS) is 13.0. The van der Waals surface area contributed by atoms with Crippen molar-refractivity contribution in [1.82, 2.24) is 0 Å². The molecule has 2 N–H and O–H groups in total. The summed E-state index contributed by atoms with van der Waals surface area (Å²) >= 11 is 0. The van der Waals surface area contributed by atoms with Crippen LogP contribution in [0.5, 0.6) is 11.5 Å². The van der Waals surface area contributed by atoms with Crippen molar-refractivity contribution in [1.29, 1.82) is 0 Å². The van der Waals surface area contributed by atoms with Crippen LogP contribution < -0.4 is 0 Å². The van der Waals surface area contributed by atoms with E-state index in [1.54, 1.807) is 0 Å². The summed E-state index contributed by atoms with van der Waals surface area (Å²) in [6, 6.07) is 7.47. The predicted octanol–water partition coefficient (Wildman–Crippen LogP) is 9.25. The van der Waals surface area contributed by atoms with Gasteiger partial charge in [0.15, 0.2) is 0 Å². The number of allylic oxidation sites excluding steroid dienone is 8. The Labute approximate surface area is 201 Å². The first-order valence-electron chi connectivity index (χ1n) is 12.2. The Kier molecular flexibility index (Phi) is 10.5. The van der Waals surface area contributed by atoms with Crippen LogP contribution in [0.4, 0.5) is 0 Å². The molecular weight excluding hydrogens is 404 g/mol. The fourth-order valence-corrected chi connectivity index (χ4v) is 4.09. The maximum absolute atomic E-state index is 10.8. The molecule has 0 aliphatic carbocycles. The highest BCUT2D eigenvalue weighted by Crippen LogP contribution is 2.39. The lowest BCUT2D eigenvalue weighted by atomic mass is 9.95. The van der Waals surface area contributed by atoms with Crippen LogP contribution in [0.2, 0.25) is 0 Å². The first-order valence-corrected chi connectivity index (χ1v) is 12.2. The van der Waals surface area contributed by atoms with Crippen LogP contribution in [-0.2, 0) is 6.42 Å². The number of phenols is 2. The summed E-state index contributed by atoms with van der Waals surface area (Å²) in [7, 11) is 0. The maximum Gasteiger partial charge on any atom is 0.127 e. The molecule has 2 aromatic carbocycles. The highest BCUT2D eigenvalue weighted by atomic mass is 16.3. The molecular formula is C31H42O2. The number of rotatable bonds is 11. The molecule has 0 fully saturated rings. The Bertz CT molecular complexity index is 1060. The van der Waals surface area contributed by atoms with E-state index in [1.807, 2.05) is 31.2 Å². The molecule has 0 amide bonds. The van der Waals surface area contributed by atoms with E-state index in [1.165, 1.54) is 22.3 Å². The minimum absolute atomic E-state index is 0.268. The summed E-state index contributed by atoms with van der Waals surface area (Å²) in [5.41, 5.74) is 7.20. The summed E-state index contributed by atoms with van der Waals surface area (Å²) in [5.74, 6) is 0.550. The van der Waals surface area contributed by atoms with Gasteiger partial charge in [0.1, 0.15) is 11.5 Å². The summed E-state index contributed by atoms with van der Waals surface area (Å²) in [6.07, 6.45) is 16.4. The zero-order valence-electron chi connectivity index (χ0n) is 21.5. The maximum atomic E-state index is 10.8. The Hall–Kier alpha value is -2.74. The Morgan fingerprint density at radius 3 is 1.64 bits per heavy atom. The van der Waals surface area contributed by atoms with E-state index in [9.17, 15) is 10.2 Å². The van der Waals surface area contributed by atoms with Gasteiger partial charge in [-0.05, 0) is 92.1 Å². The third-order valence-electron chi connectivity index (χ3n) is 6.34.